The summed E-state index contributed by atoms with van der Waals surface area (Å²) in [4.78, 5) is 11.0. The number of aryl methyl sites for hydroxylation is 1. The molecule has 3 nitrogen and oxygen atoms in total. The third kappa shape index (κ3) is 1.08. The number of nitrogens with zero attached hydrogens (tertiary/aromatic N) is 1. The highest BCUT2D eigenvalue weighted by Crippen LogP contribution is 2.64. The Hall–Kier alpha value is -1.25. The fourth-order valence-corrected chi connectivity index (χ4v) is 2.45. The van der Waals surface area contributed by atoms with E-state index in [2.05, 4.69) is 0 Å². The highest BCUT2D eigenvalue weighted by Gasteiger charge is 2.63. The summed E-state index contributed by atoms with van der Waals surface area (Å²) in [6.07, 6.45) is 1.96. The fraction of sp³-hybridized carbons (Fsp3) is 0.545. The number of hydrogen-bond acceptors (Lipinski definition) is 1. The first-order valence-corrected chi connectivity index (χ1v) is 4.80. The molecule has 14 heavy (non-hydrogen) atoms. The predicted octanol–water partition coefficient (Wildman–Crippen LogP) is 1.85. The lowest BCUT2D eigenvalue weighted by Crippen LogP contribution is -2.03. The Morgan fingerprint density at radius 2 is 2.21 bits per heavy atom. The molecule has 1 saturated carbocycles. The molecule has 2 atom stereocenters. The first-order chi connectivity index (χ1) is 6.46. The maximum atomic E-state index is 11.0. The van der Waals surface area contributed by atoms with Crippen LogP contribution in [0.1, 0.15) is 25.5 Å². The van der Waals surface area contributed by atoms with E-state index < -0.39 is 5.97 Å². The van der Waals surface area contributed by atoms with Crippen LogP contribution >= 0.6 is 0 Å². The van der Waals surface area contributed by atoms with Crippen molar-refractivity contribution in [2.24, 2.45) is 18.4 Å². The minimum atomic E-state index is -0.679. The molecule has 3 heteroatoms. The normalized spacial score (nSPS) is 28.8. The Morgan fingerprint density at radius 3 is 2.57 bits per heavy atom. The molecule has 0 amide bonds. The molecule has 1 heterocycles. The molecule has 1 fully saturated rings. The second-order valence-electron chi connectivity index (χ2n) is 4.66. The van der Waals surface area contributed by atoms with Gasteiger partial charge in [0, 0.05) is 24.9 Å². The summed E-state index contributed by atoms with van der Waals surface area (Å²) in [6, 6.07) is 3.97. The molecular formula is C11H15NO2. The molecule has 1 aromatic rings. The number of aliphatic carboxylic acids is 1. The SMILES string of the molecule is Cn1cccc1[C@@H]1[C@@H](C(=O)O)C1(C)C. The Balaban J connectivity index is 2.32. The smallest absolute Gasteiger partial charge is 0.307 e. The average Bonchev–Trinajstić information content (AvgIpc) is 2.42. The molecule has 0 radical (unpaired) electrons. The van der Waals surface area contributed by atoms with Gasteiger partial charge in [0.05, 0.1) is 5.92 Å². The van der Waals surface area contributed by atoms with Gasteiger partial charge in [0.2, 0.25) is 0 Å². The molecule has 1 N–H and O–H groups in total. The van der Waals surface area contributed by atoms with Crippen LogP contribution in [0.2, 0.25) is 0 Å². The first kappa shape index (κ1) is 9.31. The van der Waals surface area contributed by atoms with Gasteiger partial charge >= 0.3 is 5.97 Å². The topological polar surface area (TPSA) is 42.2 Å². The van der Waals surface area contributed by atoms with Crippen LogP contribution < -0.4 is 0 Å². The van der Waals surface area contributed by atoms with E-state index in [9.17, 15) is 4.79 Å². The van der Waals surface area contributed by atoms with Crippen LogP contribution in [0.5, 0.6) is 0 Å². The Morgan fingerprint density at radius 1 is 1.57 bits per heavy atom. The van der Waals surface area contributed by atoms with Crippen molar-refractivity contribution >= 4 is 5.97 Å². The lowest BCUT2D eigenvalue weighted by atomic mass is 10.1. The zero-order valence-corrected chi connectivity index (χ0v) is 8.69. The van der Waals surface area contributed by atoms with E-state index >= 15 is 0 Å². The van der Waals surface area contributed by atoms with Crippen molar-refractivity contribution in [2.45, 2.75) is 19.8 Å². The molecule has 0 unspecified atom stereocenters. The van der Waals surface area contributed by atoms with Gasteiger partial charge in [-0.25, -0.2) is 0 Å². The van der Waals surface area contributed by atoms with Gasteiger partial charge in [0.1, 0.15) is 0 Å². The highest BCUT2D eigenvalue weighted by atomic mass is 16.4. The van der Waals surface area contributed by atoms with E-state index in [0.717, 1.165) is 5.69 Å². The third-order valence-electron chi connectivity index (χ3n) is 3.40. The summed E-state index contributed by atoms with van der Waals surface area (Å²) < 4.78 is 2.01. The minimum absolute atomic E-state index is 0.0993. The van der Waals surface area contributed by atoms with Crippen LogP contribution in [0, 0.1) is 11.3 Å². The monoisotopic (exact) mass is 193 g/mol. The number of hydrogen-bond donors (Lipinski definition) is 1. The average molecular weight is 193 g/mol. The van der Waals surface area contributed by atoms with E-state index in [1.165, 1.54) is 0 Å². The summed E-state index contributed by atoms with van der Waals surface area (Å²) in [5.74, 6) is -0.739. The number of rotatable bonds is 2. The number of carboxylic acids is 1. The largest absolute Gasteiger partial charge is 0.481 e. The molecule has 0 spiro atoms. The standard InChI is InChI=1S/C11H15NO2/c1-11(2)8(9(11)10(13)14)7-5-4-6-12(7)3/h4-6,8-9H,1-3H3,(H,13,14)/t8-,9+/m1/s1. The van der Waals surface area contributed by atoms with Crippen LogP contribution in [0.4, 0.5) is 0 Å². The molecule has 1 aromatic heterocycles. The molecule has 76 valence electrons. The molecule has 0 aromatic carbocycles. The third-order valence-corrected chi connectivity index (χ3v) is 3.40. The van der Waals surface area contributed by atoms with Crippen molar-refractivity contribution in [3.63, 3.8) is 0 Å². The maximum absolute atomic E-state index is 11.0. The second-order valence-corrected chi connectivity index (χ2v) is 4.66. The Bertz CT molecular complexity index is 378. The summed E-state index contributed by atoms with van der Waals surface area (Å²) in [6.45, 7) is 4.03. The van der Waals surface area contributed by atoms with Crippen molar-refractivity contribution in [1.82, 2.24) is 4.57 Å². The Kier molecular flexibility index (Phi) is 1.74. The quantitative estimate of drug-likeness (QED) is 0.778. The highest BCUT2D eigenvalue weighted by molar-refractivity contribution is 5.77. The molecule has 0 bridgehead atoms. The van der Waals surface area contributed by atoms with Gasteiger partial charge in [0.15, 0.2) is 0 Å². The van der Waals surface area contributed by atoms with Gasteiger partial charge in [-0.2, -0.15) is 0 Å². The van der Waals surface area contributed by atoms with Gasteiger partial charge < -0.3 is 9.67 Å². The zero-order chi connectivity index (χ0) is 10.5. The van der Waals surface area contributed by atoms with Gasteiger partial charge in [-0.1, -0.05) is 13.8 Å². The van der Waals surface area contributed by atoms with Crippen LogP contribution in [0.25, 0.3) is 0 Å². The van der Waals surface area contributed by atoms with Gasteiger partial charge in [-0.05, 0) is 17.5 Å². The van der Waals surface area contributed by atoms with Gasteiger partial charge in [0.25, 0.3) is 0 Å². The van der Waals surface area contributed by atoms with E-state index in [-0.39, 0.29) is 17.3 Å². The predicted molar refractivity (Wildman–Crippen MR) is 53.1 cm³/mol. The summed E-state index contributed by atoms with van der Waals surface area (Å²) in [7, 11) is 1.96. The van der Waals surface area contributed by atoms with Crippen LogP contribution in [0.15, 0.2) is 18.3 Å². The molecule has 2 rings (SSSR count). The number of aromatic nitrogens is 1. The maximum Gasteiger partial charge on any atom is 0.307 e. The fourth-order valence-electron chi connectivity index (χ4n) is 2.45. The lowest BCUT2D eigenvalue weighted by molar-refractivity contribution is -0.139. The van der Waals surface area contributed by atoms with Crippen molar-refractivity contribution < 1.29 is 9.90 Å². The summed E-state index contributed by atoms with van der Waals surface area (Å²) in [5, 5.41) is 9.04. The van der Waals surface area contributed by atoms with Gasteiger partial charge in [-0.15, -0.1) is 0 Å². The van der Waals surface area contributed by atoms with E-state index in [1.807, 2.05) is 43.8 Å². The van der Waals surface area contributed by atoms with E-state index in [0.29, 0.717) is 0 Å². The van der Waals surface area contributed by atoms with E-state index in [1.54, 1.807) is 0 Å². The van der Waals surface area contributed by atoms with Crippen LogP contribution in [-0.2, 0) is 11.8 Å². The molecule has 0 saturated heterocycles. The second kappa shape index (κ2) is 2.62. The molecular weight excluding hydrogens is 178 g/mol. The molecule has 1 aliphatic carbocycles. The van der Waals surface area contributed by atoms with Crippen molar-refractivity contribution in [2.75, 3.05) is 0 Å². The summed E-state index contributed by atoms with van der Waals surface area (Å²) >= 11 is 0. The molecule has 0 aliphatic heterocycles. The van der Waals surface area contributed by atoms with E-state index in [4.69, 9.17) is 5.11 Å². The van der Waals surface area contributed by atoms with Crippen LogP contribution in [0.3, 0.4) is 0 Å². The van der Waals surface area contributed by atoms with Gasteiger partial charge in [-0.3, -0.25) is 4.79 Å². The number of carboxylic acid groups (broad SMARTS) is 1. The summed E-state index contributed by atoms with van der Waals surface area (Å²) in [5.41, 5.74) is 1.03. The molecule has 1 aliphatic rings. The zero-order valence-electron chi connectivity index (χ0n) is 8.69. The van der Waals surface area contributed by atoms with Crippen molar-refractivity contribution in [3.05, 3.63) is 24.0 Å². The minimum Gasteiger partial charge on any atom is -0.481 e. The number of carbonyl (C=O) groups is 1. The van der Waals surface area contributed by atoms with Crippen molar-refractivity contribution in [1.29, 1.82) is 0 Å². The van der Waals surface area contributed by atoms with Crippen LogP contribution in [-0.4, -0.2) is 15.6 Å². The van der Waals surface area contributed by atoms with Crippen molar-refractivity contribution in [3.8, 4) is 0 Å². The lowest BCUT2D eigenvalue weighted by Gasteiger charge is -2.03. The first-order valence-electron chi connectivity index (χ1n) is 4.80. The Labute approximate surface area is 83.4 Å².